The van der Waals surface area contributed by atoms with Crippen molar-refractivity contribution in [1.82, 2.24) is 5.32 Å². The Balaban J connectivity index is 1.87. The zero-order valence-corrected chi connectivity index (χ0v) is 12.8. The van der Waals surface area contributed by atoms with Crippen molar-refractivity contribution in [3.8, 4) is 0 Å². The molecule has 1 aliphatic heterocycles. The number of hydrogen-bond acceptors (Lipinski definition) is 3. The highest BCUT2D eigenvalue weighted by Gasteiger charge is 2.33. The normalized spacial score (nSPS) is 21.2. The van der Waals surface area contributed by atoms with E-state index in [1.165, 1.54) is 17.8 Å². The number of rotatable bonds is 5. The maximum atomic E-state index is 12.9. The van der Waals surface area contributed by atoms with Crippen LogP contribution in [0, 0.1) is 5.92 Å². The zero-order chi connectivity index (χ0) is 15.3. The predicted octanol–water partition coefficient (Wildman–Crippen LogP) is 3.81. The Morgan fingerprint density at radius 1 is 1.38 bits per heavy atom. The maximum absolute atomic E-state index is 12.9. The third-order valence-corrected chi connectivity index (χ3v) is 4.79. The van der Waals surface area contributed by atoms with Crippen molar-refractivity contribution in [1.29, 1.82) is 0 Å². The minimum atomic E-state index is -4.29. The molecule has 0 aliphatic carbocycles. The molecule has 0 aromatic heterocycles. The van der Waals surface area contributed by atoms with Gasteiger partial charge in [0.2, 0.25) is 0 Å². The van der Waals surface area contributed by atoms with Crippen molar-refractivity contribution < 1.29 is 17.9 Å². The highest BCUT2D eigenvalue weighted by Crippen LogP contribution is 2.37. The molecule has 6 heteroatoms. The average Bonchev–Trinajstić information content (AvgIpc) is 2.45. The summed E-state index contributed by atoms with van der Waals surface area (Å²) in [6.45, 7) is 4.47. The van der Waals surface area contributed by atoms with Crippen LogP contribution in [0.5, 0.6) is 0 Å². The lowest BCUT2D eigenvalue weighted by Gasteiger charge is -2.26. The van der Waals surface area contributed by atoms with E-state index in [0.29, 0.717) is 23.2 Å². The Hall–Kier alpha value is -0.720. The van der Waals surface area contributed by atoms with Gasteiger partial charge in [0, 0.05) is 23.7 Å². The summed E-state index contributed by atoms with van der Waals surface area (Å²) in [5.41, 5.74) is -0.544. The van der Waals surface area contributed by atoms with E-state index < -0.39 is 11.7 Å². The summed E-state index contributed by atoms with van der Waals surface area (Å²) in [7, 11) is 0. The number of hydrogen-bond donors (Lipinski definition) is 1. The Labute approximate surface area is 127 Å². The predicted molar refractivity (Wildman–Crippen MR) is 78.6 cm³/mol. The van der Waals surface area contributed by atoms with Gasteiger partial charge in [0.25, 0.3) is 0 Å². The molecule has 1 aromatic carbocycles. The molecule has 0 bridgehead atoms. The summed E-state index contributed by atoms with van der Waals surface area (Å²) >= 11 is 1.27. The first-order valence-corrected chi connectivity index (χ1v) is 8.06. The Morgan fingerprint density at radius 2 is 2.14 bits per heavy atom. The second kappa shape index (κ2) is 7.51. The van der Waals surface area contributed by atoms with Gasteiger partial charge < -0.3 is 10.1 Å². The van der Waals surface area contributed by atoms with E-state index in [2.05, 4.69) is 12.2 Å². The maximum Gasteiger partial charge on any atom is 0.417 e. The number of thioether (sulfide) groups is 1. The minimum absolute atomic E-state index is 0.173. The summed E-state index contributed by atoms with van der Waals surface area (Å²) in [4.78, 5) is 0.305. The van der Waals surface area contributed by atoms with Crippen LogP contribution in [0.25, 0.3) is 0 Å². The fraction of sp³-hybridized carbons (Fsp3) is 0.600. The van der Waals surface area contributed by atoms with E-state index in [0.717, 1.165) is 25.6 Å². The molecule has 1 saturated heterocycles. The lowest BCUT2D eigenvalue weighted by molar-refractivity contribution is -0.139. The van der Waals surface area contributed by atoms with Gasteiger partial charge in [-0.25, -0.2) is 0 Å². The lowest BCUT2D eigenvalue weighted by Crippen LogP contribution is -2.39. The first-order valence-electron chi connectivity index (χ1n) is 7.08. The summed E-state index contributed by atoms with van der Waals surface area (Å²) in [5.74, 6) is 0.966. The van der Waals surface area contributed by atoms with Crippen LogP contribution >= 0.6 is 11.8 Å². The first-order chi connectivity index (χ1) is 9.97. The van der Waals surface area contributed by atoms with E-state index in [1.807, 2.05) is 0 Å². The van der Waals surface area contributed by atoms with E-state index in [-0.39, 0.29) is 6.10 Å². The van der Waals surface area contributed by atoms with Gasteiger partial charge in [-0.3, -0.25) is 0 Å². The molecule has 1 N–H and O–H groups in total. The van der Waals surface area contributed by atoms with Crippen LogP contribution in [-0.2, 0) is 10.9 Å². The number of nitrogens with one attached hydrogen (secondary N) is 1. The third-order valence-electron chi connectivity index (χ3n) is 3.39. The summed E-state index contributed by atoms with van der Waals surface area (Å²) < 4.78 is 44.3. The topological polar surface area (TPSA) is 21.3 Å². The summed E-state index contributed by atoms with van der Waals surface area (Å²) in [6.07, 6.45) is -3.25. The molecule has 1 fully saturated rings. The highest BCUT2D eigenvalue weighted by atomic mass is 32.2. The van der Waals surface area contributed by atoms with Gasteiger partial charge in [-0.1, -0.05) is 19.1 Å². The van der Waals surface area contributed by atoms with Crippen LogP contribution in [0.4, 0.5) is 13.2 Å². The van der Waals surface area contributed by atoms with E-state index in [4.69, 9.17) is 4.74 Å². The highest BCUT2D eigenvalue weighted by molar-refractivity contribution is 7.99. The molecule has 1 aromatic rings. The molecule has 0 saturated carbocycles. The largest absolute Gasteiger partial charge is 0.417 e. The van der Waals surface area contributed by atoms with Crippen molar-refractivity contribution in [2.24, 2.45) is 5.92 Å². The van der Waals surface area contributed by atoms with E-state index in [1.54, 1.807) is 12.1 Å². The van der Waals surface area contributed by atoms with Gasteiger partial charge in [-0.05, 0) is 24.5 Å². The molecule has 2 rings (SSSR count). The molecule has 2 nitrogen and oxygen atoms in total. The van der Waals surface area contributed by atoms with Crippen LogP contribution in [0.2, 0.25) is 0 Å². The molecule has 21 heavy (non-hydrogen) atoms. The SMILES string of the molecule is CC(CSc1ccccc1C(F)(F)F)CC1CNCCO1. The zero-order valence-electron chi connectivity index (χ0n) is 12.0. The molecule has 1 aliphatic rings. The van der Waals surface area contributed by atoms with Crippen molar-refractivity contribution in [3.63, 3.8) is 0 Å². The fourth-order valence-electron chi connectivity index (χ4n) is 2.35. The molecule has 1 heterocycles. The quantitative estimate of drug-likeness (QED) is 0.834. The van der Waals surface area contributed by atoms with Crippen molar-refractivity contribution in [3.05, 3.63) is 29.8 Å². The smallest absolute Gasteiger partial charge is 0.376 e. The van der Waals surface area contributed by atoms with Gasteiger partial charge in [0.1, 0.15) is 0 Å². The molecule has 0 radical (unpaired) electrons. The average molecular weight is 319 g/mol. The van der Waals surface area contributed by atoms with Crippen LogP contribution in [-0.4, -0.2) is 31.6 Å². The van der Waals surface area contributed by atoms with Gasteiger partial charge in [-0.15, -0.1) is 11.8 Å². The summed E-state index contributed by atoms with van der Waals surface area (Å²) in [6, 6.07) is 5.76. The molecule has 118 valence electrons. The van der Waals surface area contributed by atoms with E-state index in [9.17, 15) is 13.2 Å². The van der Waals surface area contributed by atoms with Gasteiger partial charge in [0.05, 0.1) is 18.3 Å². The standard InChI is InChI=1S/C15H20F3NOS/c1-11(8-12-9-19-6-7-20-12)10-21-14-5-3-2-4-13(14)15(16,17)18/h2-5,11-12,19H,6-10H2,1H3. The van der Waals surface area contributed by atoms with Gasteiger partial charge >= 0.3 is 6.18 Å². The van der Waals surface area contributed by atoms with Gasteiger partial charge in [-0.2, -0.15) is 13.2 Å². The monoisotopic (exact) mass is 319 g/mol. The van der Waals surface area contributed by atoms with Crippen LogP contribution in [0.1, 0.15) is 18.9 Å². The van der Waals surface area contributed by atoms with E-state index >= 15 is 0 Å². The van der Waals surface area contributed by atoms with Crippen molar-refractivity contribution in [2.75, 3.05) is 25.4 Å². The van der Waals surface area contributed by atoms with Crippen molar-refractivity contribution >= 4 is 11.8 Å². The molecular formula is C15H20F3NOS. The van der Waals surface area contributed by atoms with Crippen molar-refractivity contribution in [2.45, 2.75) is 30.5 Å². The van der Waals surface area contributed by atoms with Crippen LogP contribution in [0.3, 0.4) is 0 Å². The molecule has 2 atom stereocenters. The number of halogens is 3. The Bertz CT molecular complexity index is 447. The number of benzene rings is 1. The van der Waals surface area contributed by atoms with Gasteiger partial charge in [0.15, 0.2) is 0 Å². The summed E-state index contributed by atoms with van der Waals surface area (Å²) in [5, 5.41) is 3.26. The Morgan fingerprint density at radius 3 is 2.81 bits per heavy atom. The molecular weight excluding hydrogens is 299 g/mol. The number of ether oxygens (including phenoxy) is 1. The number of morpholine rings is 1. The third kappa shape index (κ3) is 5.20. The minimum Gasteiger partial charge on any atom is -0.376 e. The molecule has 0 spiro atoms. The Kier molecular flexibility index (Phi) is 5.96. The van der Waals surface area contributed by atoms with Crippen LogP contribution in [0.15, 0.2) is 29.2 Å². The lowest BCUT2D eigenvalue weighted by atomic mass is 10.1. The second-order valence-electron chi connectivity index (χ2n) is 5.34. The molecule has 0 amide bonds. The second-order valence-corrected chi connectivity index (χ2v) is 6.40. The first kappa shape index (κ1) is 16.6. The van der Waals surface area contributed by atoms with Crippen LogP contribution < -0.4 is 5.32 Å². The fourth-order valence-corrected chi connectivity index (χ4v) is 3.46. The molecule has 2 unspecified atom stereocenters. The number of alkyl halides is 3.